The van der Waals surface area contributed by atoms with Crippen molar-refractivity contribution in [3.63, 3.8) is 0 Å². The van der Waals surface area contributed by atoms with Gasteiger partial charge in [-0.3, -0.25) is 0 Å². The zero-order valence-electron chi connectivity index (χ0n) is 43.8. The van der Waals surface area contributed by atoms with Gasteiger partial charge < -0.3 is 39.9 Å². The molecular formula is C61H60F10N2O8. The standard InChI is InChI=1S/C61H60F10N2O8/c62-58(63,64)35-3-1-5-37-76-51-29-17-47(18-30-51)60(68,69)80-53-25-11-43(12-26-53)15-33-55(74)78-41-57(39-45-7-21-49(72)22-8-45,40-46-9-23-50(73)24-10-46)42-79-56(75)34-16-44-13-27-54(28-14-44)81-61(70,71)48-19-31-52(32-20-48)77-38-6-2-4-36-59(65,66)67/h7-34H,1-6,35-42,72-73H2/b33-15+,34-16+. The van der Waals surface area contributed by atoms with Crippen LogP contribution >= 0.6 is 0 Å². The summed E-state index contributed by atoms with van der Waals surface area (Å²) in [4.78, 5) is 26.8. The summed E-state index contributed by atoms with van der Waals surface area (Å²) in [5.74, 6) is -1.37. The predicted molar refractivity (Wildman–Crippen MR) is 286 cm³/mol. The summed E-state index contributed by atoms with van der Waals surface area (Å²) >= 11 is 0. The topological polar surface area (TPSA) is 142 Å². The van der Waals surface area contributed by atoms with Crippen LogP contribution in [0, 0.1) is 5.41 Å². The van der Waals surface area contributed by atoms with Crippen LogP contribution in [-0.2, 0) is 44.1 Å². The lowest BCUT2D eigenvalue weighted by Gasteiger charge is -2.33. The number of nitrogens with two attached hydrogens (primary N) is 2. The number of benzene rings is 6. The molecule has 0 aliphatic heterocycles. The fourth-order valence-electron chi connectivity index (χ4n) is 8.11. The number of carbonyl (C=O) groups is 2. The molecule has 0 aliphatic carbocycles. The Hall–Kier alpha value is -8.16. The van der Waals surface area contributed by atoms with Crippen molar-refractivity contribution in [2.45, 2.75) is 88.8 Å². The van der Waals surface area contributed by atoms with E-state index in [4.69, 9.17) is 39.9 Å². The molecule has 20 heteroatoms. The number of alkyl halides is 10. The van der Waals surface area contributed by atoms with Crippen LogP contribution in [0.3, 0.4) is 0 Å². The summed E-state index contributed by atoms with van der Waals surface area (Å²) in [6.45, 7) is -0.272. The Morgan fingerprint density at radius 2 is 0.741 bits per heavy atom. The van der Waals surface area contributed by atoms with E-state index in [0.717, 1.165) is 47.5 Å². The van der Waals surface area contributed by atoms with Crippen molar-refractivity contribution >= 4 is 35.5 Å². The third-order valence-corrected chi connectivity index (χ3v) is 12.4. The zero-order chi connectivity index (χ0) is 58.5. The summed E-state index contributed by atoms with van der Waals surface area (Å²) in [5, 5.41) is 0. The largest absolute Gasteiger partial charge is 0.494 e. The fraction of sp³-hybridized carbons (Fsp3) is 0.311. The molecule has 0 spiro atoms. The van der Waals surface area contributed by atoms with Gasteiger partial charge in [0.1, 0.15) is 36.2 Å². The zero-order valence-corrected chi connectivity index (χ0v) is 43.8. The van der Waals surface area contributed by atoms with Crippen LogP contribution in [0.5, 0.6) is 23.0 Å². The molecule has 432 valence electrons. The molecule has 6 rings (SSSR count). The van der Waals surface area contributed by atoms with Crippen molar-refractivity contribution in [2.24, 2.45) is 5.41 Å². The fourth-order valence-corrected chi connectivity index (χ4v) is 8.11. The van der Waals surface area contributed by atoms with E-state index in [9.17, 15) is 35.9 Å². The highest BCUT2D eigenvalue weighted by Gasteiger charge is 2.37. The molecule has 0 saturated heterocycles. The molecule has 0 amide bonds. The first kappa shape index (κ1) is 62.0. The molecule has 0 saturated carbocycles. The van der Waals surface area contributed by atoms with Gasteiger partial charge in [0, 0.05) is 41.8 Å². The van der Waals surface area contributed by atoms with Crippen LogP contribution in [0.4, 0.5) is 55.3 Å². The average molecular weight is 1140 g/mol. The maximum atomic E-state index is 15.2. The van der Waals surface area contributed by atoms with E-state index in [2.05, 4.69) is 0 Å². The summed E-state index contributed by atoms with van der Waals surface area (Å²) in [6, 6.07) is 34.7. The highest BCUT2D eigenvalue weighted by Crippen LogP contribution is 2.36. The minimum absolute atomic E-state index is 0.0316. The number of halogens is 10. The monoisotopic (exact) mass is 1140 g/mol. The smallest absolute Gasteiger partial charge is 0.426 e. The second kappa shape index (κ2) is 28.8. The summed E-state index contributed by atoms with van der Waals surface area (Å²) < 4.78 is 167. The molecule has 4 N–H and O–H groups in total. The number of unbranched alkanes of at least 4 members (excludes halogenated alkanes) is 4. The maximum absolute atomic E-state index is 15.2. The first-order valence-electron chi connectivity index (χ1n) is 25.7. The minimum atomic E-state index is -4.22. The maximum Gasteiger partial charge on any atom is 0.426 e. The van der Waals surface area contributed by atoms with E-state index < -0.39 is 65.9 Å². The lowest BCUT2D eigenvalue weighted by atomic mass is 9.77. The van der Waals surface area contributed by atoms with Crippen LogP contribution < -0.4 is 30.4 Å². The lowest BCUT2D eigenvalue weighted by molar-refractivity contribution is -0.186. The van der Waals surface area contributed by atoms with Crippen molar-refractivity contribution < 1.29 is 81.9 Å². The summed E-state index contributed by atoms with van der Waals surface area (Å²) in [6.07, 6.45) is -10.9. The molecule has 0 fully saturated rings. The molecule has 0 atom stereocenters. The van der Waals surface area contributed by atoms with Gasteiger partial charge in [0.05, 0.1) is 24.3 Å². The Balaban J connectivity index is 1.05. The minimum Gasteiger partial charge on any atom is -0.494 e. The van der Waals surface area contributed by atoms with Crippen LogP contribution in [0.2, 0.25) is 0 Å². The second-order valence-electron chi connectivity index (χ2n) is 19.2. The Kier molecular flexibility index (Phi) is 22.1. The third kappa shape index (κ3) is 22.1. The first-order valence-corrected chi connectivity index (χ1v) is 25.7. The van der Waals surface area contributed by atoms with Crippen LogP contribution in [0.25, 0.3) is 12.2 Å². The second-order valence-corrected chi connectivity index (χ2v) is 19.2. The van der Waals surface area contributed by atoms with Crippen LogP contribution in [0.15, 0.2) is 158 Å². The molecule has 0 aliphatic rings. The van der Waals surface area contributed by atoms with Crippen molar-refractivity contribution in [1.29, 1.82) is 0 Å². The molecule has 81 heavy (non-hydrogen) atoms. The van der Waals surface area contributed by atoms with Crippen LogP contribution in [0.1, 0.15) is 84.7 Å². The third-order valence-electron chi connectivity index (χ3n) is 12.4. The Morgan fingerprint density at radius 1 is 0.407 bits per heavy atom. The van der Waals surface area contributed by atoms with Crippen molar-refractivity contribution in [2.75, 3.05) is 37.9 Å². The van der Waals surface area contributed by atoms with E-state index in [1.807, 2.05) is 0 Å². The number of rotatable bonds is 30. The highest BCUT2D eigenvalue weighted by atomic mass is 19.4. The Morgan fingerprint density at radius 3 is 1.07 bits per heavy atom. The van der Waals surface area contributed by atoms with Crippen molar-refractivity contribution in [3.05, 3.63) is 191 Å². The lowest BCUT2D eigenvalue weighted by Crippen LogP contribution is -2.38. The van der Waals surface area contributed by atoms with E-state index in [1.165, 1.54) is 84.9 Å². The van der Waals surface area contributed by atoms with Gasteiger partial charge in [-0.05, 0) is 183 Å². The number of anilines is 2. The first-order chi connectivity index (χ1) is 38.4. The number of ether oxygens (including phenoxy) is 6. The normalized spacial score (nSPS) is 12.4. The van der Waals surface area contributed by atoms with Gasteiger partial charge in [-0.1, -0.05) is 48.5 Å². The molecule has 6 aromatic carbocycles. The van der Waals surface area contributed by atoms with Crippen molar-refractivity contribution in [3.8, 4) is 23.0 Å². The predicted octanol–water partition coefficient (Wildman–Crippen LogP) is 15.4. The Labute approximate surface area is 462 Å². The number of esters is 2. The quantitative estimate of drug-likeness (QED) is 0.0147. The SMILES string of the molecule is Nc1ccc(CC(COC(=O)/C=C/c2ccc(OC(F)(F)c3ccc(OCCCCCC(F)(F)F)cc3)cc2)(COC(=O)/C=C/c2ccc(OC(F)(F)c3ccc(OCCCCCC(F)(F)F)cc3)cc2)Cc2ccc(N)cc2)cc1. The molecule has 6 aromatic rings. The number of nitrogen functional groups attached to an aromatic ring is 2. The molecule has 0 heterocycles. The van der Waals surface area contributed by atoms with Gasteiger partial charge in [0.15, 0.2) is 0 Å². The number of hydrogen-bond acceptors (Lipinski definition) is 10. The van der Waals surface area contributed by atoms with Gasteiger partial charge in [0.2, 0.25) is 0 Å². The molecule has 10 nitrogen and oxygen atoms in total. The van der Waals surface area contributed by atoms with E-state index in [0.29, 0.717) is 48.2 Å². The Bertz CT molecular complexity index is 2750. The van der Waals surface area contributed by atoms with Gasteiger partial charge in [0.25, 0.3) is 0 Å². The number of hydrogen-bond donors (Lipinski definition) is 2. The summed E-state index contributed by atoms with van der Waals surface area (Å²) in [5.41, 5.74) is 13.4. The van der Waals surface area contributed by atoms with Crippen LogP contribution in [-0.4, -0.2) is 50.7 Å². The van der Waals surface area contributed by atoms with E-state index in [-0.39, 0.29) is 75.1 Å². The van der Waals surface area contributed by atoms with E-state index >= 15 is 17.6 Å². The molecule has 0 aromatic heterocycles. The molecule has 0 unspecified atom stereocenters. The molecule has 0 bridgehead atoms. The summed E-state index contributed by atoms with van der Waals surface area (Å²) in [7, 11) is 0. The van der Waals surface area contributed by atoms with E-state index in [1.54, 1.807) is 48.5 Å². The van der Waals surface area contributed by atoms with Gasteiger partial charge in [-0.15, -0.1) is 0 Å². The van der Waals surface area contributed by atoms with Gasteiger partial charge in [-0.25, -0.2) is 9.59 Å². The van der Waals surface area contributed by atoms with Gasteiger partial charge >= 0.3 is 36.5 Å². The molecular weight excluding hydrogens is 1080 g/mol. The molecule has 0 radical (unpaired) electrons. The van der Waals surface area contributed by atoms with Crippen molar-refractivity contribution in [1.82, 2.24) is 0 Å². The van der Waals surface area contributed by atoms with Gasteiger partial charge in [-0.2, -0.15) is 43.9 Å². The highest BCUT2D eigenvalue weighted by molar-refractivity contribution is 5.87. The number of carbonyl (C=O) groups excluding carboxylic acids is 2. The average Bonchev–Trinajstić information content (AvgIpc) is 3.45.